The number of nitrogens with one attached hydrogen (secondary N) is 1. The molecule has 2 aliphatic rings. The van der Waals surface area contributed by atoms with E-state index in [1.54, 1.807) is 0 Å². The van der Waals surface area contributed by atoms with Crippen LogP contribution in [0.1, 0.15) is 36.9 Å². The van der Waals surface area contributed by atoms with Gasteiger partial charge in [-0.3, -0.25) is 0 Å². The van der Waals surface area contributed by atoms with Gasteiger partial charge in [0.2, 0.25) is 5.95 Å². The molecule has 2 aromatic rings. The fourth-order valence-corrected chi connectivity index (χ4v) is 3.58. The van der Waals surface area contributed by atoms with E-state index in [-0.39, 0.29) is 0 Å². The smallest absolute Gasteiger partial charge is 0.225 e. The quantitative estimate of drug-likeness (QED) is 0.934. The van der Waals surface area contributed by atoms with E-state index in [9.17, 15) is 0 Å². The van der Waals surface area contributed by atoms with Crippen molar-refractivity contribution in [2.75, 3.05) is 16.8 Å². The number of rotatable bonds is 3. The molecule has 0 spiro atoms. The zero-order valence-electron chi connectivity index (χ0n) is 13.0. The van der Waals surface area contributed by atoms with Gasteiger partial charge in [0, 0.05) is 30.0 Å². The highest BCUT2D eigenvalue weighted by atomic mass is 15.2. The lowest BCUT2D eigenvalue weighted by Gasteiger charge is -2.20. The fourth-order valence-electron chi connectivity index (χ4n) is 3.58. The summed E-state index contributed by atoms with van der Waals surface area (Å²) in [6.07, 6.45) is 6.19. The van der Waals surface area contributed by atoms with Crippen molar-refractivity contribution in [3.8, 4) is 0 Å². The van der Waals surface area contributed by atoms with Crippen molar-refractivity contribution >= 4 is 17.5 Å². The maximum atomic E-state index is 4.78. The van der Waals surface area contributed by atoms with Gasteiger partial charge in [-0.25, -0.2) is 4.98 Å². The second-order valence-corrected chi connectivity index (χ2v) is 6.35. The van der Waals surface area contributed by atoms with Crippen molar-refractivity contribution in [3.63, 3.8) is 0 Å². The van der Waals surface area contributed by atoms with Gasteiger partial charge in [0.15, 0.2) is 0 Å². The molecule has 1 aliphatic carbocycles. The summed E-state index contributed by atoms with van der Waals surface area (Å²) in [6, 6.07) is 11.2. The number of aromatic nitrogens is 2. The Bertz CT molecular complexity index is 677. The molecule has 4 heteroatoms. The molecule has 1 saturated carbocycles. The number of fused-ring (bicyclic) bond motifs is 1. The maximum absolute atomic E-state index is 4.78. The number of para-hydroxylation sites is 1. The SMILES string of the molecule is Cc1cc(N2CCc3ccccc32)nc(NC2CCCC2)n1. The molecule has 0 amide bonds. The van der Waals surface area contributed by atoms with Gasteiger partial charge >= 0.3 is 0 Å². The summed E-state index contributed by atoms with van der Waals surface area (Å²) in [7, 11) is 0. The van der Waals surface area contributed by atoms with Crippen LogP contribution in [-0.2, 0) is 6.42 Å². The van der Waals surface area contributed by atoms with Crippen LogP contribution in [0, 0.1) is 6.92 Å². The zero-order valence-corrected chi connectivity index (χ0v) is 13.0. The van der Waals surface area contributed by atoms with Crippen LogP contribution in [0.25, 0.3) is 0 Å². The Balaban J connectivity index is 1.63. The molecule has 1 N–H and O–H groups in total. The van der Waals surface area contributed by atoms with Crippen molar-refractivity contribution in [3.05, 3.63) is 41.6 Å². The first kappa shape index (κ1) is 13.6. The first-order valence-corrected chi connectivity index (χ1v) is 8.27. The number of hydrogen-bond donors (Lipinski definition) is 1. The summed E-state index contributed by atoms with van der Waals surface area (Å²) >= 11 is 0. The highest BCUT2D eigenvalue weighted by Gasteiger charge is 2.22. The minimum atomic E-state index is 0.542. The molecule has 0 atom stereocenters. The first-order chi connectivity index (χ1) is 10.8. The van der Waals surface area contributed by atoms with E-state index in [0.29, 0.717) is 6.04 Å². The third kappa shape index (κ3) is 2.54. The molecule has 4 nitrogen and oxygen atoms in total. The van der Waals surface area contributed by atoms with Crippen LogP contribution < -0.4 is 10.2 Å². The van der Waals surface area contributed by atoms with Crippen LogP contribution in [0.5, 0.6) is 0 Å². The number of anilines is 3. The lowest BCUT2D eigenvalue weighted by molar-refractivity contribution is 0.742. The summed E-state index contributed by atoms with van der Waals surface area (Å²) < 4.78 is 0. The maximum Gasteiger partial charge on any atom is 0.225 e. The molecule has 1 aromatic heterocycles. The first-order valence-electron chi connectivity index (χ1n) is 8.27. The Hall–Kier alpha value is -2.10. The van der Waals surface area contributed by atoms with Crippen LogP contribution in [0.3, 0.4) is 0 Å². The lowest BCUT2D eigenvalue weighted by Crippen LogP contribution is -2.20. The van der Waals surface area contributed by atoms with Crippen molar-refractivity contribution < 1.29 is 0 Å². The van der Waals surface area contributed by atoms with Crippen LogP contribution in [0.15, 0.2) is 30.3 Å². The van der Waals surface area contributed by atoms with Crippen LogP contribution >= 0.6 is 0 Å². The highest BCUT2D eigenvalue weighted by Crippen LogP contribution is 2.34. The van der Waals surface area contributed by atoms with Gasteiger partial charge in [0.05, 0.1) is 0 Å². The molecule has 1 aliphatic heterocycles. The topological polar surface area (TPSA) is 41.1 Å². The molecule has 0 unspecified atom stereocenters. The van der Waals surface area contributed by atoms with Crippen molar-refractivity contribution in [1.29, 1.82) is 0 Å². The van der Waals surface area contributed by atoms with E-state index in [1.807, 2.05) is 6.92 Å². The van der Waals surface area contributed by atoms with Crippen LogP contribution in [0.4, 0.5) is 17.5 Å². The summed E-state index contributed by atoms with van der Waals surface area (Å²) in [6.45, 7) is 3.05. The summed E-state index contributed by atoms with van der Waals surface area (Å²) in [5.74, 6) is 1.80. The normalized spacial score (nSPS) is 17.8. The summed E-state index contributed by atoms with van der Waals surface area (Å²) in [4.78, 5) is 11.7. The number of hydrogen-bond acceptors (Lipinski definition) is 4. The highest BCUT2D eigenvalue weighted by molar-refractivity contribution is 5.68. The van der Waals surface area contributed by atoms with Gasteiger partial charge in [-0.15, -0.1) is 0 Å². The summed E-state index contributed by atoms with van der Waals surface area (Å²) in [5, 5.41) is 3.52. The van der Waals surface area contributed by atoms with Gasteiger partial charge < -0.3 is 10.2 Å². The van der Waals surface area contributed by atoms with Gasteiger partial charge in [0.1, 0.15) is 5.82 Å². The number of benzene rings is 1. The van der Waals surface area contributed by atoms with E-state index in [2.05, 4.69) is 45.5 Å². The Labute approximate surface area is 131 Å². The third-order valence-electron chi connectivity index (χ3n) is 4.69. The van der Waals surface area contributed by atoms with Crippen LogP contribution in [0.2, 0.25) is 0 Å². The minimum absolute atomic E-state index is 0.542. The van der Waals surface area contributed by atoms with Gasteiger partial charge in [-0.2, -0.15) is 4.98 Å². The molecule has 22 heavy (non-hydrogen) atoms. The third-order valence-corrected chi connectivity index (χ3v) is 4.69. The Kier molecular flexibility index (Phi) is 3.45. The molecule has 0 saturated heterocycles. The monoisotopic (exact) mass is 294 g/mol. The predicted octanol–water partition coefficient (Wildman–Crippen LogP) is 3.83. The molecular formula is C18H22N4. The second kappa shape index (κ2) is 5.59. The minimum Gasteiger partial charge on any atom is -0.351 e. The summed E-state index contributed by atoms with van der Waals surface area (Å²) in [5.41, 5.74) is 3.71. The van der Waals surface area contributed by atoms with Gasteiger partial charge in [0.25, 0.3) is 0 Å². The Morgan fingerprint density at radius 1 is 1.14 bits per heavy atom. The van der Waals surface area contributed by atoms with Crippen molar-refractivity contribution in [2.45, 2.75) is 45.1 Å². The lowest BCUT2D eigenvalue weighted by atomic mass is 10.2. The molecule has 0 radical (unpaired) electrons. The van der Waals surface area contributed by atoms with E-state index in [4.69, 9.17) is 4.98 Å². The average molecular weight is 294 g/mol. The Morgan fingerprint density at radius 3 is 2.82 bits per heavy atom. The predicted molar refractivity (Wildman–Crippen MR) is 89.8 cm³/mol. The molecule has 114 valence electrons. The zero-order chi connectivity index (χ0) is 14.9. The number of aryl methyl sites for hydroxylation is 1. The standard InChI is InChI=1S/C18H22N4/c1-13-12-17(21-18(19-13)20-15-7-3-4-8-15)22-11-10-14-6-2-5-9-16(14)22/h2,5-6,9,12,15H,3-4,7-8,10-11H2,1H3,(H,19,20,21). The molecule has 0 bridgehead atoms. The van der Waals surface area contributed by atoms with E-state index < -0.39 is 0 Å². The average Bonchev–Trinajstić information content (AvgIpc) is 3.15. The van der Waals surface area contributed by atoms with Gasteiger partial charge in [-0.05, 0) is 37.8 Å². The molecule has 1 aromatic carbocycles. The largest absolute Gasteiger partial charge is 0.351 e. The van der Waals surface area contributed by atoms with E-state index >= 15 is 0 Å². The van der Waals surface area contributed by atoms with Crippen molar-refractivity contribution in [2.24, 2.45) is 0 Å². The van der Waals surface area contributed by atoms with Gasteiger partial charge in [-0.1, -0.05) is 31.0 Å². The molecular weight excluding hydrogens is 272 g/mol. The molecule has 1 fully saturated rings. The van der Waals surface area contributed by atoms with Crippen molar-refractivity contribution in [1.82, 2.24) is 9.97 Å². The second-order valence-electron chi connectivity index (χ2n) is 6.35. The Morgan fingerprint density at radius 2 is 1.95 bits per heavy atom. The van der Waals surface area contributed by atoms with Crippen LogP contribution in [-0.4, -0.2) is 22.6 Å². The van der Waals surface area contributed by atoms with E-state index in [0.717, 1.165) is 30.4 Å². The number of nitrogens with zero attached hydrogens (tertiary/aromatic N) is 3. The molecule has 4 rings (SSSR count). The van der Waals surface area contributed by atoms with E-state index in [1.165, 1.54) is 36.9 Å². The fraction of sp³-hybridized carbons (Fsp3) is 0.444. The molecule has 2 heterocycles.